The van der Waals surface area contributed by atoms with Crippen molar-refractivity contribution >= 4 is 34.7 Å². The molecule has 0 spiro atoms. The average molecular weight is 390 g/mol. The van der Waals surface area contributed by atoms with Gasteiger partial charge >= 0.3 is 0 Å². The molecule has 0 bridgehead atoms. The maximum Gasteiger partial charge on any atom is 0.145 e. The summed E-state index contributed by atoms with van der Waals surface area (Å²) in [5.74, 6) is 0.733. The van der Waals surface area contributed by atoms with Crippen molar-refractivity contribution in [1.82, 2.24) is 19.7 Å². The Balaban J connectivity index is 1.54. The van der Waals surface area contributed by atoms with Gasteiger partial charge in [-0.3, -0.25) is 4.98 Å². The van der Waals surface area contributed by atoms with Gasteiger partial charge in [-0.15, -0.1) is 0 Å². The minimum atomic E-state index is 0.641. The molecule has 28 heavy (non-hydrogen) atoms. The van der Waals surface area contributed by atoms with Crippen LogP contribution in [0.3, 0.4) is 0 Å². The van der Waals surface area contributed by atoms with Crippen LogP contribution in [0.25, 0.3) is 28.4 Å². The number of fused-ring (bicyclic) bond motifs is 1. The van der Waals surface area contributed by atoms with E-state index in [1.165, 1.54) is 5.57 Å². The van der Waals surface area contributed by atoms with E-state index in [9.17, 15) is 0 Å². The Morgan fingerprint density at radius 2 is 1.96 bits per heavy atom. The largest absolute Gasteiger partial charge is 0.365 e. The van der Waals surface area contributed by atoms with Gasteiger partial charge < -0.3 is 5.32 Å². The van der Waals surface area contributed by atoms with E-state index in [4.69, 9.17) is 11.6 Å². The highest BCUT2D eigenvalue weighted by atomic mass is 35.5. The Morgan fingerprint density at radius 3 is 2.79 bits per heavy atom. The van der Waals surface area contributed by atoms with Gasteiger partial charge in [-0.05, 0) is 49.2 Å². The Labute approximate surface area is 168 Å². The van der Waals surface area contributed by atoms with Crippen LogP contribution in [0.5, 0.6) is 0 Å². The normalized spacial score (nSPS) is 10.8. The fourth-order valence-electron chi connectivity index (χ4n) is 2.94. The number of hydrogen-bond donors (Lipinski definition) is 1. The lowest BCUT2D eigenvalue weighted by molar-refractivity contribution is 0.927. The van der Waals surface area contributed by atoms with Crippen LogP contribution in [-0.4, -0.2) is 19.7 Å². The summed E-state index contributed by atoms with van der Waals surface area (Å²) in [6.07, 6.45) is 7.60. The van der Waals surface area contributed by atoms with Gasteiger partial charge in [0.2, 0.25) is 0 Å². The molecule has 0 radical (unpaired) electrons. The third-order valence-electron chi connectivity index (χ3n) is 4.23. The van der Waals surface area contributed by atoms with Crippen molar-refractivity contribution in [3.8, 4) is 11.1 Å². The number of benzene rings is 2. The molecule has 0 amide bonds. The van der Waals surface area contributed by atoms with Gasteiger partial charge in [0.15, 0.2) is 0 Å². The maximum atomic E-state index is 6.03. The molecule has 0 aliphatic heterocycles. The number of rotatable bonds is 5. The second kappa shape index (κ2) is 7.82. The number of aromatic nitrogens is 4. The van der Waals surface area contributed by atoms with Crippen LogP contribution in [0.1, 0.15) is 19.4 Å². The minimum Gasteiger partial charge on any atom is -0.365 e. The number of allylic oxidation sites excluding steroid dienone is 1. The molecule has 1 N–H and O–H groups in total. The van der Waals surface area contributed by atoms with Gasteiger partial charge in [-0.2, -0.15) is 5.10 Å². The quantitative estimate of drug-likeness (QED) is 0.480. The number of hydrogen-bond acceptors (Lipinski definition) is 4. The first-order valence-corrected chi connectivity index (χ1v) is 9.39. The Bertz CT molecular complexity index is 1160. The standard InChI is InChI=1S/C22H20ClN5/c1-15(2)13-28-14-18(11-26-28)17-6-7-20-21(9-17)24-12-22(27-20)25-10-16-4-3-5-19(23)8-16/h3-9,11-14H,10H2,1-2H3,(H,25,27). The molecule has 6 heteroatoms. The van der Waals surface area contributed by atoms with Crippen LogP contribution in [-0.2, 0) is 6.54 Å². The summed E-state index contributed by atoms with van der Waals surface area (Å²) in [5, 5.41) is 8.39. The number of halogens is 1. The first-order chi connectivity index (χ1) is 13.6. The first kappa shape index (κ1) is 18.2. The van der Waals surface area contributed by atoms with Gasteiger partial charge in [0, 0.05) is 29.5 Å². The van der Waals surface area contributed by atoms with E-state index in [0.29, 0.717) is 6.54 Å². The van der Waals surface area contributed by atoms with Crippen LogP contribution >= 0.6 is 11.6 Å². The molecular weight excluding hydrogens is 370 g/mol. The highest BCUT2D eigenvalue weighted by Gasteiger charge is 2.05. The number of anilines is 1. The molecule has 0 aliphatic carbocycles. The Kier molecular flexibility index (Phi) is 5.08. The lowest BCUT2D eigenvalue weighted by Gasteiger charge is -2.07. The molecule has 5 nitrogen and oxygen atoms in total. The molecule has 0 fully saturated rings. The van der Waals surface area contributed by atoms with Crippen molar-refractivity contribution in [3.63, 3.8) is 0 Å². The van der Waals surface area contributed by atoms with E-state index >= 15 is 0 Å². The number of nitrogens with zero attached hydrogens (tertiary/aromatic N) is 4. The Hall–Kier alpha value is -3.18. The molecule has 2 aromatic carbocycles. The SMILES string of the molecule is CC(C)=Cn1cc(-c2ccc3nc(NCc4cccc(Cl)c4)cnc3c2)cn1. The van der Waals surface area contributed by atoms with Crippen molar-refractivity contribution in [2.45, 2.75) is 20.4 Å². The summed E-state index contributed by atoms with van der Waals surface area (Å²) >= 11 is 6.03. The fourth-order valence-corrected chi connectivity index (χ4v) is 3.15. The molecule has 0 saturated carbocycles. The van der Waals surface area contributed by atoms with Crippen LogP contribution in [0.15, 0.2) is 66.6 Å². The molecule has 0 atom stereocenters. The Morgan fingerprint density at radius 1 is 1.07 bits per heavy atom. The van der Waals surface area contributed by atoms with E-state index in [1.807, 2.05) is 79.6 Å². The van der Waals surface area contributed by atoms with Crippen LogP contribution in [0, 0.1) is 0 Å². The highest BCUT2D eigenvalue weighted by molar-refractivity contribution is 6.30. The van der Waals surface area contributed by atoms with Crippen molar-refractivity contribution in [2.75, 3.05) is 5.32 Å². The smallest absolute Gasteiger partial charge is 0.145 e. The predicted molar refractivity (Wildman–Crippen MR) is 115 cm³/mol. The molecule has 0 unspecified atom stereocenters. The minimum absolute atomic E-state index is 0.641. The summed E-state index contributed by atoms with van der Waals surface area (Å²) in [4.78, 5) is 9.22. The average Bonchev–Trinajstić information content (AvgIpc) is 3.13. The van der Waals surface area contributed by atoms with E-state index in [2.05, 4.69) is 20.4 Å². The van der Waals surface area contributed by atoms with E-state index in [1.54, 1.807) is 6.20 Å². The number of nitrogens with one attached hydrogen (secondary N) is 1. The van der Waals surface area contributed by atoms with Crippen LogP contribution < -0.4 is 5.32 Å². The van der Waals surface area contributed by atoms with Crippen molar-refractivity contribution in [1.29, 1.82) is 0 Å². The zero-order valence-corrected chi connectivity index (χ0v) is 16.5. The molecule has 0 aliphatic rings. The summed E-state index contributed by atoms with van der Waals surface area (Å²) < 4.78 is 1.82. The molecule has 4 aromatic rings. The summed E-state index contributed by atoms with van der Waals surface area (Å²) in [6, 6.07) is 13.8. The molecule has 0 saturated heterocycles. The van der Waals surface area contributed by atoms with Gasteiger partial charge in [0.1, 0.15) is 5.82 Å². The second-order valence-electron chi connectivity index (χ2n) is 6.86. The molecule has 4 rings (SSSR count). The predicted octanol–water partition coefficient (Wildman–Crippen LogP) is 5.64. The van der Waals surface area contributed by atoms with Gasteiger partial charge in [-0.1, -0.05) is 35.4 Å². The zero-order valence-electron chi connectivity index (χ0n) is 15.7. The summed E-state index contributed by atoms with van der Waals surface area (Å²) in [5.41, 5.74) is 6.09. The molecule has 2 aromatic heterocycles. The molecule has 140 valence electrons. The molecular formula is C22H20ClN5. The van der Waals surface area contributed by atoms with E-state index in [-0.39, 0.29) is 0 Å². The van der Waals surface area contributed by atoms with Gasteiger partial charge in [-0.25, -0.2) is 9.67 Å². The van der Waals surface area contributed by atoms with Crippen molar-refractivity contribution in [3.05, 3.63) is 77.2 Å². The van der Waals surface area contributed by atoms with Gasteiger partial charge in [0.05, 0.1) is 23.4 Å². The fraction of sp³-hybridized carbons (Fsp3) is 0.136. The first-order valence-electron chi connectivity index (χ1n) is 9.01. The van der Waals surface area contributed by atoms with Crippen LogP contribution in [0.2, 0.25) is 5.02 Å². The summed E-state index contributed by atoms with van der Waals surface area (Å²) in [7, 11) is 0. The van der Waals surface area contributed by atoms with Crippen molar-refractivity contribution < 1.29 is 0 Å². The maximum absolute atomic E-state index is 6.03. The third-order valence-corrected chi connectivity index (χ3v) is 4.47. The lowest BCUT2D eigenvalue weighted by Crippen LogP contribution is -2.02. The lowest BCUT2D eigenvalue weighted by atomic mass is 10.1. The molecule has 2 heterocycles. The summed E-state index contributed by atoms with van der Waals surface area (Å²) in [6.45, 7) is 4.73. The van der Waals surface area contributed by atoms with Crippen LogP contribution in [0.4, 0.5) is 5.82 Å². The second-order valence-corrected chi connectivity index (χ2v) is 7.29. The topological polar surface area (TPSA) is 55.6 Å². The van der Waals surface area contributed by atoms with Gasteiger partial charge in [0.25, 0.3) is 0 Å². The van der Waals surface area contributed by atoms with Crippen molar-refractivity contribution in [2.24, 2.45) is 0 Å². The zero-order chi connectivity index (χ0) is 19.5. The monoisotopic (exact) mass is 389 g/mol. The highest BCUT2D eigenvalue weighted by Crippen LogP contribution is 2.23. The third kappa shape index (κ3) is 4.21. The van der Waals surface area contributed by atoms with E-state index < -0.39 is 0 Å². The van der Waals surface area contributed by atoms with E-state index in [0.717, 1.165) is 38.6 Å².